The van der Waals surface area contributed by atoms with Gasteiger partial charge in [0.2, 0.25) is 5.91 Å². The summed E-state index contributed by atoms with van der Waals surface area (Å²) in [6, 6.07) is 14.2. The van der Waals surface area contributed by atoms with Crippen LogP contribution in [-0.2, 0) is 17.9 Å². The minimum Gasteiger partial charge on any atom is -0.352 e. The zero-order valence-electron chi connectivity index (χ0n) is 17.5. The van der Waals surface area contributed by atoms with Crippen LogP contribution in [0.2, 0.25) is 0 Å². The second-order valence-corrected chi connectivity index (χ2v) is 7.30. The Kier molecular flexibility index (Phi) is 8.40. The van der Waals surface area contributed by atoms with Crippen LogP contribution in [0.15, 0.2) is 42.5 Å². The van der Waals surface area contributed by atoms with Crippen molar-refractivity contribution in [1.29, 1.82) is 0 Å². The summed E-state index contributed by atoms with van der Waals surface area (Å²) in [5.41, 5.74) is 5.08. The van der Waals surface area contributed by atoms with Crippen LogP contribution in [0.3, 0.4) is 0 Å². The van der Waals surface area contributed by atoms with E-state index in [4.69, 9.17) is 0 Å². The highest BCUT2D eigenvalue weighted by atomic mass is 16.2. The van der Waals surface area contributed by atoms with Gasteiger partial charge < -0.3 is 5.32 Å². The molecule has 0 saturated carbocycles. The zero-order chi connectivity index (χ0) is 20.5. The predicted molar refractivity (Wildman–Crippen MR) is 114 cm³/mol. The van der Waals surface area contributed by atoms with Crippen molar-refractivity contribution in [1.82, 2.24) is 10.2 Å². The lowest BCUT2D eigenvalue weighted by Gasteiger charge is -2.18. The Bertz CT molecular complexity index is 793. The van der Waals surface area contributed by atoms with Gasteiger partial charge in [0.05, 0.1) is 0 Å². The van der Waals surface area contributed by atoms with Gasteiger partial charge in [-0.3, -0.25) is 14.5 Å². The second kappa shape index (κ2) is 10.8. The highest BCUT2D eigenvalue weighted by molar-refractivity contribution is 5.99. The van der Waals surface area contributed by atoms with Crippen LogP contribution in [0.1, 0.15) is 59.3 Å². The zero-order valence-corrected chi connectivity index (χ0v) is 17.5. The normalized spacial score (nSPS) is 10.9. The Balaban J connectivity index is 1.79. The van der Waals surface area contributed by atoms with Gasteiger partial charge in [-0.1, -0.05) is 55.8 Å². The molecule has 0 radical (unpaired) electrons. The molecule has 1 amide bonds. The van der Waals surface area contributed by atoms with E-state index in [1.54, 1.807) is 0 Å². The molecule has 0 aliphatic rings. The van der Waals surface area contributed by atoms with Crippen molar-refractivity contribution in [3.63, 3.8) is 0 Å². The second-order valence-electron chi connectivity index (χ2n) is 7.30. The number of aryl methyl sites for hydroxylation is 2. The van der Waals surface area contributed by atoms with Gasteiger partial charge in [-0.25, -0.2) is 0 Å². The van der Waals surface area contributed by atoms with E-state index in [1.807, 2.05) is 32.0 Å². The van der Waals surface area contributed by atoms with Crippen molar-refractivity contribution < 1.29 is 9.59 Å². The molecule has 150 valence electrons. The first kappa shape index (κ1) is 21.8. The maximum atomic E-state index is 12.4. The van der Waals surface area contributed by atoms with Crippen LogP contribution in [0.4, 0.5) is 0 Å². The summed E-state index contributed by atoms with van der Waals surface area (Å²) < 4.78 is 0. The Morgan fingerprint density at radius 3 is 2.18 bits per heavy atom. The Morgan fingerprint density at radius 2 is 1.54 bits per heavy atom. The first-order valence-electron chi connectivity index (χ1n) is 10.1. The molecule has 2 rings (SSSR count). The average molecular weight is 381 g/mol. The Labute approximate surface area is 169 Å². The van der Waals surface area contributed by atoms with Crippen molar-refractivity contribution in [3.8, 4) is 0 Å². The van der Waals surface area contributed by atoms with Crippen molar-refractivity contribution in [3.05, 3.63) is 70.3 Å². The van der Waals surface area contributed by atoms with Crippen molar-refractivity contribution in [2.24, 2.45) is 0 Å². The van der Waals surface area contributed by atoms with E-state index >= 15 is 0 Å². The van der Waals surface area contributed by atoms with Crippen LogP contribution in [0.25, 0.3) is 0 Å². The third-order valence-corrected chi connectivity index (χ3v) is 5.09. The fraction of sp³-hybridized carbons (Fsp3) is 0.417. The highest BCUT2D eigenvalue weighted by Gasteiger charge is 2.12. The molecule has 28 heavy (non-hydrogen) atoms. The molecule has 0 heterocycles. The van der Waals surface area contributed by atoms with E-state index in [1.165, 1.54) is 5.56 Å². The van der Waals surface area contributed by atoms with E-state index in [2.05, 4.69) is 48.3 Å². The SMILES string of the molecule is CCN(CC)Cc1ccc(CNC(=O)CCC(=O)c2cc(C)ccc2C)cc1. The van der Waals surface area contributed by atoms with Gasteiger partial charge in [-0.2, -0.15) is 0 Å². The number of amides is 1. The molecular weight excluding hydrogens is 348 g/mol. The number of Topliss-reactive ketones (excluding diaryl/α,β-unsaturated/α-hetero) is 1. The quantitative estimate of drug-likeness (QED) is 0.621. The first-order chi connectivity index (χ1) is 13.4. The minimum absolute atomic E-state index is 0.0251. The molecule has 2 aromatic rings. The molecule has 0 aromatic heterocycles. The van der Waals surface area contributed by atoms with Crippen LogP contribution in [0.5, 0.6) is 0 Å². The van der Waals surface area contributed by atoms with Gasteiger partial charge in [0, 0.05) is 31.5 Å². The number of rotatable bonds is 10. The van der Waals surface area contributed by atoms with Crippen molar-refractivity contribution >= 4 is 11.7 Å². The van der Waals surface area contributed by atoms with Gasteiger partial charge in [0.1, 0.15) is 0 Å². The molecule has 0 fully saturated rings. The van der Waals surface area contributed by atoms with Crippen LogP contribution in [0, 0.1) is 13.8 Å². The number of nitrogens with one attached hydrogen (secondary N) is 1. The molecular formula is C24H32N2O2. The van der Waals surface area contributed by atoms with E-state index in [-0.39, 0.29) is 24.5 Å². The summed E-state index contributed by atoms with van der Waals surface area (Å²) in [4.78, 5) is 26.9. The molecule has 4 heteroatoms. The standard InChI is InChI=1S/C24H32N2O2/c1-5-26(6-2)17-21-11-9-20(10-12-21)16-25-24(28)14-13-23(27)22-15-18(3)7-8-19(22)4/h7-12,15H,5-6,13-14,16-17H2,1-4H3,(H,25,28). The number of carbonyl (C=O) groups is 2. The summed E-state index contributed by atoms with van der Waals surface area (Å²) in [5.74, 6) is -0.0667. The Hall–Kier alpha value is -2.46. The monoisotopic (exact) mass is 380 g/mol. The van der Waals surface area contributed by atoms with E-state index in [0.29, 0.717) is 6.54 Å². The summed E-state index contributed by atoms with van der Waals surface area (Å²) in [7, 11) is 0. The molecule has 0 aliphatic heterocycles. The smallest absolute Gasteiger partial charge is 0.220 e. The molecule has 0 spiro atoms. The van der Waals surface area contributed by atoms with E-state index in [9.17, 15) is 9.59 Å². The third kappa shape index (κ3) is 6.61. The highest BCUT2D eigenvalue weighted by Crippen LogP contribution is 2.14. The van der Waals surface area contributed by atoms with Gasteiger partial charge in [-0.05, 0) is 49.7 Å². The fourth-order valence-electron chi connectivity index (χ4n) is 3.15. The largest absolute Gasteiger partial charge is 0.352 e. The first-order valence-corrected chi connectivity index (χ1v) is 10.1. The maximum Gasteiger partial charge on any atom is 0.220 e. The lowest BCUT2D eigenvalue weighted by Crippen LogP contribution is -2.23. The van der Waals surface area contributed by atoms with E-state index in [0.717, 1.165) is 41.9 Å². The minimum atomic E-state index is -0.0918. The van der Waals surface area contributed by atoms with Gasteiger partial charge in [0.25, 0.3) is 0 Å². The number of hydrogen-bond acceptors (Lipinski definition) is 3. The lowest BCUT2D eigenvalue weighted by molar-refractivity contribution is -0.121. The molecule has 0 saturated heterocycles. The fourth-order valence-corrected chi connectivity index (χ4v) is 3.15. The van der Waals surface area contributed by atoms with Gasteiger partial charge in [0.15, 0.2) is 5.78 Å². The number of carbonyl (C=O) groups excluding carboxylic acids is 2. The Morgan fingerprint density at radius 1 is 0.893 bits per heavy atom. The average Bonchev–Trinajstić information content (AvgIpc) is 2.71. The third-order valence-electron chi connectivity index (χ3n) is 5.09. The number of hydrogen-bond donors (Lipinski definition) is 1. The summed E-state index contributed by atoms with van der Waals surface area (Å²) in [6.07, 6.45) is 0.450. The molecule has 1 N–H and O–H groups in total. The summed E-state index contributed by atoms with van der Waals surface area (Å²) >= 11 is 0. The number of nitrogens with zero attached hydrogens (tertiary/aromatic N) is 1. The summed E-state index contributed by atoms with van der Waals surface area (Å²) in [5, 5.41) is 2.91. The molecule has 0 unspecified atom stereocenters. The molecule has 0 aliphatic carbocycles. The number of benzene rings is 2. The maximum absolute atomic E-state index is 12.4. The van der Waals surface area contributed by atoms with E-state index < -0.39 is 0 Å². The molecule has 0 atom stereocenters. The van der Waals surface area contributed by atoms with Crippen molar-refractivity contribution in [2.45, 2.75) is 53.6 Å². The lowest BCUT2D eigenvalue weighted by atomic mass is 9.99. The predicted octanol–water partition coefficient (Wildman–Crippen LogP) is 4.42. The summed E-state index contributed by atoms with van der Waals surface area (Å²) in [6.45, 7) is 11.7. The number of ketones is 1. The molecule has 2 aromatic carbocycles. The van der Waals surface area contributed by atoms with Crippen LogP contribution >= 0.6 is 0 Å². The van der Waals surface area contributed by atoms with Crippen molar-refractivity contribution in [2.75, 3.05) is 13.1 Å². The van der Waals surface area contributed by atoms with Crippen LogP contribution in [-0.4, -0.2) is 29.7 Å². The topological polar surface area (TPSA) is 49.4 Å². The van der Waals surface area contributed by atoms with Crippen LogP contribution < -0.4 is 5.32 Å². The molecule has 4 nitrogen and oxygen atoms in total. The van der Waals surface area contributed by atoms with Gasteiger partial charge in [-0.15, -0.1) is 0 Å². The van der Waals surface area contributed by atoms with Gasteiger partial charge >= 0.3 is 0 Å². The molecule has 0 bridgehead atoms.